The van der Waals surface area contributed by atoms with Crippen molar-refractivity contribution in [2.45, 2.75) is 26.9 Å². The average molecular weight is 269 g/mol. The van der Waals surface area contributed by atoms with Crippen LogP contribution < -0.4 is 10.1 Å². The third-order valence-corrected chi connectivity index (χ3v) is 3.11. The van der Waals surface area contributed by atoms with Crippen molar-refractivity contribution >= 4 is 11.6 Å². The average Bonchev–Trinajstić information content (AvgIpc) is 2.44. The molecular formula is C17H19NO2. The number of carbonyl (C=O) groups is 1. The summed E-state index contributed by atoms with van der Waals surface area (Å²) in [6.07, 6.45) is -0.546. The van der Waals surface area contributed by atoms with E-state index in [1.807, 2.05) is 62.4 Å². The predicted octanol–water partition coefficient (Wildman–Crippen LogP) is 3.71. The summed E-state index contributed by atoms with van der Waals surface area (Å²) in [5.74, 6) is 0.627. The Hall–Kier alpha value is -2.29. The quantitative estimate of drug-likeness (QED) is 0.919. The van der Waals surface area contributed by atoms with E-state index in [1.165, 1.54) is 0 Å². The highest BCUT2D eigenvalue weighted by Crippen LogP contribution is 2.23. The maximum atomic E-state index is 12.1. The van der Waals surface area contributed by atoms with E-state index in [1.54, 1.807) is 6.92 Å². The lowest BCUT2D eigenvalue weighted by molar-refractivity contribution is -0.122. The maximum Gasteiger partial charge on any atom is 0.265 e. The summed E-state index contributed by atoms with van der Waals surface area (Å²) in [5, 5.41) is 2.84. The summed E-state index contributed by atoms with van der Waals surface area (Å²) in [7, 11) is 0. The number of aryl methyl sites for hydroxylation is 2. The zero-order chi connectivity index (χ0) is 14.5. The molecule has 0 aliphatic heterocycles. The molecule has 0 saturated heterocycles. The first-order valence-electron chi connectivity index (χ1n) is 6.66. The van der Waals surface area contributed by atoms with Gasteiger partial charge >= 0.3 is 0 Å². The van der Waals surface area contributed by atoms with Gasteiger partial charge in [-0.3, -0.25) is 4.79 Å². The van der Waals surface area contributed by atoms with Crippen molar-refractivity contribution in [2.75, 3.05) is 5.32 Å². The van der Waals surface area contributed by atoms with Gasteiger partial charge in [0.2, 0.25) is 0 Å². The standard InChI is InChI=1S/C17H19NO2/c1-12-8-7-9-13(2)16(12)20-14(3)17(19)18-15-10-5-4-6-11-15/h4-11,14H,1-3H3,(H,18,19)/t14-/m1/s1. The van der Waals surface area contributed by atoms with Crippen molar-refractivity contribution < 1.29 is 9.53 Å². The molecule has 0 aliphatic carbocycles. The molecule has 1 amide bonds. The second kappa shape index (κ2) is 6.24. The van der Waals surface area contributed by atoms with E-state index in [-0.39, 0.29) is 5.91 Å². The van der Waals surface area contributed by atoms with Crippen LogP contribution in [0, 0.1) is 13.8 Å². The number of nitrogens with one attached hydrogen (secondary N) is 1. The zero-order valence-electron chi connectivity index (χ0n) is 12.0. The van der Waals surface area contributed by atoms with Crippen LogP contribution in [0.25, 0.3) is 0 Å². The molecule has 0 aromatic heterocycles. The van der Waals surface area contributed by atoms with Gasteiger partial charge in [0.1, 0.15) is 5.75 Å². The molecule has 0 heterocycles. The van der Waals surface area contributed by atoms with Gasteiger partial charge in [-0.15, -0.1) is 0 Å². The van der Waals surface area contributed by atoms with Crippen LogP contribution in [0.1, 0.15) is 18.1 Å². The highest BCUT2D eigenvalue weighted by Gasteiger charge is 2.16. The SMILES string of the molecule is Cc1cccc(C)c1O[C@H](C)C(=O)Nc1ccccc1. The van der Waals surface area contributed by atoms with Crippen LogP contribution in [0.2, 0.25) is 0 Å². The molecule has 2 aromatic rings. The molecule has 0 saturated carbocycles. The summed E-state index contributed by atoms with van der Waals surface area (Å²) in [6, 6.07) is 15.3. The molecule has 2 rings (SSSR count). The van der Waals surface area contributed by atoms with E-state index >= 15 is 0 Å². The van der Waals surface area contributed by atoms with Gasteiger partial charge in [-0.05, 0) is 44.0 Å². The number of rotatable bonds is 4. The van der Waals surface area contributed by atoms with Crippen LogP contribution in [-0.2, 0) is 4.79 Å². The van der Waals surface area contributed by atoms with Crippen LogP contribution in [0.3, 0.4) is 0 Å². The largest absolute Gasteiger partial charge is 0.480 e. The van der Waals surface area contributed by atoms with Crippen LogP contribution in [0.4, 0.5) is 5.69 Å². The van der Waals surface area contributed by atoms with Crippen molar-refractivity contribution in [3.05, 3.63) is 59.7 Å². The second-order valence-electron chi connectivity index (χ2n) is 4.84. The monoisotopic (exact) mass is 269 g/mol. The third kappa shape index (κ3) is 3.38. The van der Waals surface area contributed by atoms with E-state index in [0.29, 0.717) is 0 Å². The molecule has 3 heteroatoms. The first-order chi connectivity index (χ1) is 9.58. The minimum Gasteiger partial charge on any atom is -0.480 e. The minimum absolute atomic E-state index is 0.154. The Morgan fingerprint density at radius 2 is 1.60 bits per heavy atom. The minimum atomic E-state index is -0.546. The van der Waals surface area contributed by atoms with E-state index in [9.17, 15) is 4.79 Å². The van der Waals surface area contributed by atoms with Gasteiger partial charge < -0.3 is 10.1 Å². The summed E-state index contributed by atoms with van der Waals surface area (Å²) in [6.45, 7) is 5.71. The van der Waals surface area contributed by atoms with Crippen molar-refractivity contribution in [3.8, 4) is 5.75 Å². The lowest BCUT2D eigenvalue weighted by atomic mass is 10.1. The first-order valence-corrected chi connectivity index (χ1v) is 6.66. The Balaban J connectivity index is 2.05. The highest BCUT2D eigenvalue weighted by atomic mass is 16.5. The van der Waals surface area contributed by atoms with Crippen LogP contribution in [0.15, 0.2) is 48.5 Å². The van der Waals surface area contributed by atoms with Crippen LogP contribution in [0.5, 0.6) is 5.75 Å². The number of para-hydroxylation sites is 2. The maximum absolute atomic E-state index is 12.1. The predicted molar refractivity (Wildman–Crippen MR) is 81.1 cm³/mol. The van der Waals surface area contributed by atoms with Crippen molar-refractivity contribution in [2.24, 2.45) is 0 Å². The zero-order valence-corrected chi connectivity index (χ0v) is 12.0. The van der Waals surface area contributed by atoms with E-state index < -0.39 is 6.10 Å². The summed E-state index contributed by atoms with van der Waals surface area (Å²) in [4.78, 5) is 12.1. The summed E-state index contributed by atoms with van der Waals surface area (Å²) < 4.78 is 5.80. The lowest BCUT2D eigenvalue weighted by Gasteiger charge is -2.18. The van der Waals surface area contributed by atoms with Gasteiger partial charge in [0.25, 0.3) is 5.91 Å². The number of anilines is 1. The Morgan fingerprint density at radius 3 is 2.20 bits per heavy atom. The second-order valence-corrected chi connectivity index (χ2v) is 4.84. The van der Waals surface area contributed by atoms with Gasteiger partial charge in [0, 0.05) is 5.69 Å². The lowest BCUT2D eigenvalue weighted by Crippen LogP contribution is -2.30. The molecule has 1 atom stereocenters. The topological polar surface area (TPSA) is 38.3 Å². The summed E-state index contributed by atoms with van der Waals surface area (Å²) in [5.41, 5.74) is 2.84. The van der Waals surface area contributed by atoms with E-state index in [4.69, 9.17) is 4.74 Å². The van der Waals surface area contributed by atoms with Gasteiger partial charge in [0.15, 0.2) is 6.10 Å². The van der Waals surface area contributed by atoms with Crippen molar-refractivity contribution in [1.82, 2.24) is 0 Å². The Bertz CT molecular complexity index is 573. The first kappa shape index (κ1) is 14.1. The molecule has 20 heavy (non-hydrogen) atoms. The normalized spacial score (nSPS) is 11.8. The van der Waals surface area contributed by atoms with Gasteiger partial charge in [0.05, 0.1) is 0 Å². The van der Waals surface area contributed by atoms with Crippen LogP contribution in [-0.4, -0.2) is 12.0 Å². The molecule has 0 aliphatic rings. The molecule has 2 aromatic carbocycles. The van der Waals surface area contributed by atoms with Crippen molar-refractivity contribution in [3.63, 3.8) is 0 Å². The van der Waals surface area contributed by atoms with E-state index in [0.717, 1.165) is 22.6 Å². The van der Waals surface area contributed by atoms with Gasteiger partial charge in [-0.1, -0.05) is 36.4 Å². The number of hydrogen-bond donors (Lipinski definition) is 1. The molecule has 3 nitrogen and oxygen atoms in total. The van der Waals surface area contributed by atoms with Gasteiger partial charge in [-0.25, -0.2) is 0 Å². The highest BCUT2D eigenvalue weighted by molar-refractivity contribution is 5.94. The molecular weight excluding hydrogens is 250 g/mol. The van der Waals surface area contributed by atoms with Crippen molar-refractivity contribution in [1.29, 1.82) is 0 Å². The fourth-order valence-electron chi connectivity index (χ4n) is 1.98. The molecule has 0 fully saturated rings. The Morgan fingerprint density at radius 1 is 1.00 bits per heavy atom. The number of ether oxygens (including phenoxy) is 1. The number of hydrogen-bond acceptors (Lipinski definition) is 2. The molecule has 0 radical (unpaired) electrons. The summed E-state index contributed by atoms with van der Waals surface area (Å²) >= 11 is 0. The molecule has 104 valence electrons. The Kier molecular flexibility index (Phi) is 4.41. The Labute approximate surface area is 119 Å². The van der Waals surface area contributed by atoms with Crippen LogP contribution >= 0.6 is 0 Å². The van der Waals surface area contributed by atoms with E-state index in [2.05, 4.69) is 5.32 Å². The number of benzene rings is 2. The molecule has 0 bridgehead atoms. The smallest absolute Gasteiger partial charge is 0.265 e. The number of amides is 1. The molecule has 0 spiro atoms. The fraction of sp³-hybridized carbons (Fsp3) is 0.235. The molecule has 0 unspecified atom stereocenters. The van der Waals surface area contributed by atoms with Gasteiger partial charge in [-0.2, -0.15) is 0 Å². The molecule has 1 N–H and O–H groups in total. The number of carbonyl (C=O) groups excluding carboxylic acids is 1. The third-order valence-electron chi connectivity index (χ3n) is 3.11. The fourth-order valence-corrected chi connectivity index (χ4v) is 1.98.